The fourth-order valence-electron chi connectivity index (χ4n) is 1.86. The van der Waals surface area contributed by atoms with E-state index in [2.05, 4.69) is 49.6 Å². The van der Waals surface area contributed by atoms with Crippen molar-refractivity contribution >= 4 is 11.3 Å². The lowest BCUT2D eigenvalue weighted by Crippen LogP contribution is -2.34. The van der Waals surface area contributed by atoms with Gasteiger partial charge in [0.25, 0.3) is 0 Å². The Balaban J connectivity index is 2.20. The van der Waals surface area contributed by atoms with Crippen molar-refractivity contribution in [2.24, 2.45) is 5.73 Å². The van der Waals surface area contributed by atoms with Crippen LogP contribution >= 0.6 is 11.3 Å². The summed E-state index contributed by atoms with van der Waals surface area (Å²) in [5, 5.41) is 2.16. The summed E-state index contributed by atoms with van der Waals surface area (Å²) < 4.78 is 0. The number of hydrogen-bond donors (Lipinski definition) is 1. The number of rotatable bonds is 3. The van der Waals surface area contributed by atoms with Crippen molar-refractivity contribution in [1.82, 2.24) is 0 Å². The molecule has 1 unspecified atom stereocenters. The highest BCUT2D eigenvalue weighted by atomic mass is 32.1. The van der Waals surface area contributed by atoms with E-state index in [4.69, 9.17) is 5.73 Å². The number of benzene rings is 1. The van der Waals surface area contributed by atoms with Crippen LogP contribution in [0.15, 0.2) is 41.8 Å². The Morgan fingerprint density at radius 1 is 1.25 bits per heavy atom. The molecule has 0 fully saturated rings. The van der Waals surface area contributed by atoms with Crippen LogP contribution in [0.25, 0.3) is 0 Å². The van der Waals surface area contributed by atoms with Gasteiger partial charge in [-0.1, -0.05) is 30.3 Å². The molecule has 0 amide bonds. The lowest BCUT2D eigenvalue weighted by atomic mass is 9.88. The Kier molecular flexibility index (Phi) is 3.13. The SMILES string of the molecule is Cc1cc(C(C)(N)Cc2ccccc2)cs1. The van der Waals surface area contributed by atoms with Gasteiger partial charge in [-0.2, -0.15) is 0 Å². The molecule has 1 heterocycles. The third-order valence-electron chi connectivity index (χ3n) is 2.80. The van der Waals surface area contributed by atoms with E-state index >= 15 is 0 Å². The van der Waals surface area contributed by atoms with E-state index in [1.54, 1.807) is 11.3 Å². The van der Waals surface area contributed by atoms with Gasteiger partial charge < -0.3 is 5.73 Å². The van der Waals surface area contributed by atoms with Gasteiger partial charge in [-0.3, -0.25) is 0 Å². The second-order valence-electron chi connectivity index (χ2n) is 4.53. The molecule has 0 aliphatic heterocycles. The topological polar surface area (TPSA) is 26.0 Å². The van der Waals surface area contributed by atoms with E-state index in [1.807, 2.05) is 6.07 Å². The molecule has 0 spiro atoms. The lowest BCUT2D eigenvalue weighted by molar-refractivity contribution is 0.493. The van der Waals surface area contributed by atoms with E-state index in [9.17, 15) is 0 Å². The van der Waals surface area contributed by atoms with Gasteiger partial charge in [-0.05, 0) is 42.8 Å². The second kappa shape index (κ2) is 4.40. The predicted molar refractivity (Wildman–Crippen MR) is 70.7 cm³/mol. The van der Waals surface area contributed by atoms with Crippen molar-refractivity contribution in [3.63, 3.8) is 0 Å². The smallest absolute Gasteiger partial charge is 0.0430 e. The van der Waals surface area contributed by atoms with Crippen LogP contribution < -0.4 is 5.73 Å². The summed E-state index contributed by atoms with van der Waals surface area (Å²) >= 11 is 1.76. The van der Waals surface area contributed by atoms with Crippen LogP contribution in [0.2, 0.25) is 0 Å². The average Bonchev–Trinajstić information content (AvgIpc) is 2.66. The highest BCUT2D eigenvalue weighted by molar-refractivity contribution is 7.10. The molecule has 1 aromatic heterocycles. The van der Waals surface area contributed by atoms with Crippen molar-refractivity contribution in [1.29, 1.82) is 0 Å². The van der Waals surface area contributed by atoms with Gasteiger partial charge in [0.05, 0.1) is 0 Å². The quantitative estimate of drug-likeness (QED) is 0.860. The molecular weight excluding hydrogens is 214 g/mol. The van der Waals surface area contributed by atoms with Crippen molar-refractivity contribution in [3.05, 3.63) is 57.8 Å². The highest BCUT2D eigenvalue weighted by Gasteiger charge is 2.22. The molecular formula is C14H17NS. The molecule has 0 radical (unpaired) electrons. The van der Waals surface area contributed by atoms with Gasteiger partial charge in [0.2, 0.25) is 0 Å². The summed E-state index contributed by atoms with van der Waals surface area (Å²) in [4.78, 5) is 1.32. The Hall–Kier alpha value is -1.12. The molecule has 0 bridgehead atoms. The molecule has 2 heteroatoms. The van der Waals surface area contributed by atoms with Gasteiger partial charge in [0.15, 0.2) is 0 Å². The molecule has 0 saturated carbocycles. The second-order valence-corrected chi connectivity index (χ2v) is 5.64. The van der Waals surface area contributed by atoms with Gasteiger partial charge in [-0.15, -0.1) is 11.3 Å². The molecule has 2 aromatic rings. The maximum absolute atomic E-state index is 6.39. The number of aryl methyl sites for hydroxylation is 1. The minimum Gasteiger partial charge on any atom is -0.321 e. The Bertz CT molecular complexity index is 457. The van der Waals surface area contributed by atoms with E-state index in [1.165, 1.54) is 16.0 Å². The lowest BCUT2D eigenvalue weighted by Gasteiger charge is -2.24. The summed E-state index contributed by atoms with van der Waals surface area (Å²) in [6, 6.07) is 12.6. The van der Waals surface area contributed by atoms with Crippen LogP contribution in [-0.4, -0.2) is 0 Å². The monoisotopic (exact) mass is 231 g/mol. The maximum Gasteiger partial charge on any atom is 0.0430 e. The first-order chi connectivity index (χ1) is 7.58. The molecule has 0 aliphatic carbocycles. The third-order valence-corrected chi connectivity index (χ3v) is 3.67. The van der Waals surface area contributed by atoms with Crippen LogP contribution in [0.4, 0.5) is 0 Å². The van der Waals surface area contributed by atoms with E-state index in [-0.39, 0.29) is 5.54 Å². The fraction of sp³-hybridized carbons (Fsp3) is 0.286. The van der Waals surface area contributed by atoms with Crippen molar-refractivity contribution in [2.45, 2.75) is 25.8 Å². The highest BCUT2D eigenvalue weighted by Crippen LogP contribution is 2.26. The largest absolute Gasteiger partial charge is 0.321 e. The van der Waals surface area contributed by atoms with Crippen LogP contribution in [0.3, 0.4) is 0 Å². The molecule has 16 heavy (non-hydrogen) atoms. The summed E-state index contributed by atoms with van der Waals surface area (Å²) in [6.07, 6.45) is 0.879. The zero-order valence-corrected chi connectivity index (χ0v) is 10.6. The number of nitrogens with two attached hydrogens (primary N) is 1. The standard InChI is InChI=1S/C14H17NS/c1-11-8-13(10-16-11)14(2,15)9-12-6-4-3-5-7-12/h3-8,10H,9,15H2,1-2H3. The number of thiophene rings is 1. The zero-order valence-electron chi connectivity index (χ0n) is 9.73. The molecule has 2 N–H and O–H groups in total. The summed E-state index contributed by atoms with van der Waals surface area (Å²) in [7, 11) is 0. The first-order valence-corrected chi connectivity index (χ1v) is 6.34. The summed E-state index contributed by atoms with van der Waals surface area (Å²) in [6.45, 7) is 4.22. The van der Waals surface area contributed by atoms with Crippen LogP contribution in [0, 0.1) is 6.92 Å². The van der Waals surface area contributed by atoms with Crippen LogP contribution in [-0.2, 0) is 12.0 Å². The van der Waals surface area contributed by atoms with Gasteiger partial charge >= 0.3 is 0 Å². The molecule has 1 nitrogen and oxygen atoms in total. The van der Waals surface area contributed by atoms with Gasteiger partial charge in [0, 0.05) is 10.4 Å². The van der Waals surface area contributed by atoms with E-state index in [0.29, 0.717) is 0 Å². The zero-order chi connectivity index (χ0) is 11.6. The minimum atomic E-state index is -0.272. The Labute approximate surface area is 101 Å². The van der Waals surface area contributed by atoms with Crippen LogP contribution in [0.1, 0.15) is 22.9 Å². The van der Waals surface area contributed by atoms with Crippen molar-refractivity contribution < 1.29 is 0 Å². The Morgan fingerprint density at radius 3 is 2.50 bits per heavy atom. The number of hydrogen-bond acceptors (Lipinski definition) is 2. The van der Waals surface area contributed by atoms with Crippen molar-refractivity contribution in [2.75, 3.05) is 0 Å². The Morgan fingerprint density at radius 2 is 1.94 bits per heavy atom. The summed E-state index contributed by atoms with van der Waals surface area (Å²) in [5.74, 6) is 0. The molecule has 0 aliphatic rings. The molecule has 1 atom stereocenters. The van der Waals surface area contributed by atoms with Crippen LogP contribution in [0.5, 0.6) is 0 Å². The normalized spacial score (nSPS) is 14.7. The molecule has 0 saturated heterocycles. The van der Waals surface area contributed by atoms with Crippen molar-refractivity contribution in [3.8, 4) is 0 Å². The van der Waals surface area contributed by atoms with E-state index < -0.39 is 0 Å². The molecule has 2 rings (SSSR count). The van der Waals surface area contributed by atoms with Gasteiger partial charge in [0.1, 0.15) is 0 Å². The molecule has 84 valence electrons. The molecule has 1 aromatic carbocycles. The fourth-order valence-corrected chi connectivity index (χ4v) is 2.71. The summed E-state index contributed by atoms with van der Waals surface area (Å²) in [5.41, 5.74) is 8.64. The van der Waals surface area contributed by atoms with E-state index in [0.717, 1.165) is 6.42 Å². The van der Waals surface area contributed by atoms with Gasteiger partial charge in [-0.25, -0.2) is 0 Å². The first kappa shape index (κ1) is 11.4. The minimum absolute atomic E-state index is 0.272. The average molecular weight is 231 g/mol. The maximum atomic E-state index is 6.39. The first-order valence-electron chi connectivity index (χ1n) is 5.46. The predicted octanol–water partition coefficient (Wildman–Crippen LogP) is 3.47. The third kappa shape index (κ3) is 2.52.